The molecule has 0 bridgehead atoms. The number of aromatic nitrogens is 2. The first-order chi connectivity index (χ1) is 16.3. The van der Waals surface area contributed by atoms with Crippen LogP contribution >= 0.6 is 0 Å². The van der Waals surface area contributed by atoms with E-state index in [2.05, 4.69) is 10.2 Å². The van der Waals surface area contributed by atoms with Gasteiger partial charge >= 0.3 is 0 Å². The number of sulfonamides is 1. The van der Waals surface area contributed by atoms with E-state index in [4.69, 9.17) is 0 Å². The molecule has 3 aromatic rings. The monoisotopic (exact) mass is 484 g/mol. The number of benzene rings is 2. The van der Waals surface area contributed by atoms with E-state index in [1.165, 1.54) is 16.4 Å². The molecule has 1 saturated heterocycles. The van der Waals surface area contributed by atoms with Gasteiger partial charge in [-0.15, -0.1) is 0 Å². The second kappa shape index (κ2) is 10.4. The molecule has 34 heavy (non-hydrogen) atoms. The highest BCUT2D eigenvalue weighted by molar-refractivity contribution is 7.93. The Morgan fingerprint density at radius 1 is 1.09 bits per heavy atom. The average Bonchev–Trinajstić information content (AvgIpc) is 3.44. The Labute approximate surface area is 199 Å². The smallest absolute Gasteiger partial charge is 0.253 e. The fraction of sp³-hybridized carbons (Fsp3) is 0.360. The Kier molecular flexibility index (Phi) is 7.31. The van der Waals surface area contributed by atoms with E-state index in [1.807, 2.05) is 6.07 Å². The van der Waals surface area contributed by atoms with Gasteiger partial charge in [-0.3, -0.25) is 14.2 Å². The van der Waals surface area contributed by atoms with Gasteiger partial charge in [0.25, 0.3) is 5.91 Å². The number of nitrogens with one attached hydrogen (secondary N) is 1. The Hall–Kier alpha value is -3.20. The maximum atomic E-state index is 13.1. The first kappa shape index (κ1) is 23.9. The summed E-state index contributed by atoms with van der Waals surface area (Å²) < 4.78 is 38.6. The van der Waals surface area contributed by atoms with E-state index in [-0.39, 0.29) is 17.5 Å². The summed E-state index contributed by atoms with van der Waals surface area (Å²) in [6.45, 7) is 1.13. The quantitative estimate of drug-likeness (QED) is 0.460. The van der Waals surface area contributed by atoms with Crippen LogP contribution in [0, 0.1) is 5.82 Å². The zero-order valence-electron chi connectivity index (χ0n) is 19.2. The van der Waals surface area contributed by atoms with Crippen LogP contribution in [0.25, 0.3) is 11.3 Å². The van der Waals surface area contributed by atoms with Crippen molar-refractivity contribution in [1.29, 1.82) is 0 Å². The molecule has 7 nitrogen and oxygen atoms in total. The second-order valence-electron chi connectivity index (χ2n) is 8.61. The van der Waals surface area contributed by atoms with E-state index in [9.17, 15) is 17.6 Å². The lowest BCUT2D eigenvalue weighted by Gasteiger charge is -2.19. The van der Waals surface area contributed by atoms with Crippen molar-refractivity contribution in [3.63, 3.8) is 0 Å². The molecule has 1 fully saturated rings. The molecule has 1 aromatic heterocycles. The first-order valence-electron chi connectivity index (χ1n) is 11.5. The van der Waals surface area contributed by atoms with Gasteiger partial charge in [-0.05, 0) is 80.3 Å². The zero-order chi connectivity index (χ0) is 24.1. The summed E-state index contributed by atoms with van der Waals surface area (Å²) in [6.07, 6.45) is 4.29. The summed E-state index contributed by atoms with van der Waals surface area (Å²) in [6, 6.07) is 15.1. The summed E-state index contributed by atoms with van der Waals surface area (Å²) in [5.74, 6) is -0.169. The molecule has 0 spiro atoms. The number of anilines is 1. The van der Waals surface area contributed by atoms with Gasteiger partial charge in [0.05, 0.1) is 17.1 Å². The van der Waals surface area contributed by atoms with Crippen LogP contribution in [-0.2, 0) is 16.4 Å². The molecule has 1 aliphatic heterocycles. The molecule has 4 rings (SSSR count). The van der Waals surface area contributed by atoms with Crippen LogP contribution in [0.5, 0.6) is 0 Å². The molecule has 0 saturated carbocycles. The maximum absolute atomic E-state index is 13.1. The van der Waals surface area contributed by atoms with Crippen LogP contribution < -0.4 is 4.31 Å². The minimum Gasteiger partial charge on any atom is -0.342 e. The predicted molar refractivity (Wildman–Crippen MR) is 131 cm³/mol. The van der Waals surface area contributed by atoms with Crippen LogP contribution in [0.4, 0.5) is 10.1 Å². The lowest BCUT2D eigenvalue weighted by molar-refractivity contribution is 0.0792. The second-order valence-corrected chi connectivity index (χ2v) is 10.6. The molecular formula is C25H29FN4O3S. The molecule has 0 atom stereocenters. The van der Waals surface area contributed by atoms with E-state index < -0.39 is 10.0 Å². The van der Waals surface area contributed by atoms with Crippen molar-refractivity contribution < 1.29 is 17.6 Å². The highest BCUT2D eigenvalue weighted by atomic mass is 32.2. The Balaban J connectivity index is 1.20. The van der Waals surface area contributed by atoms with Crippen molar-refractivity contribution in [1.82, 2.24) is 15.1 Å². The fourth-order valence-corrected chi connectivity index (χ4v) is 5.69. The van der Waals surface area contributed by atoms with E-state index in [1.54, 1.807) is 48.3 Å². The highest BCUT2D eigenvalue weighted by Gasteiger charge is 2.28. The van der Waals surface area contributed by atoms with Crippen molar-refractivity contribution in [3.8, 4) is 11.3 Å². The van der Waals surface area contributed by atoms with E-state index in [0.29, 0.717) is 30.8 Å². The Bertz CT molecular complexity index is 1220. The number of hydrogen-bond acceptors (Lipinski definition) is 4. The van der Waals surface area contributed by atoms with Crippen LogP contribution in [0.2, 0.25) is 0 Å². The number of halogens is 1. The number of aromatic amines is 1. The third kappa shape index (κ3) is 5.64. The fourth-order valence-electron chi connectivity index (χ4n) is 4.12. The Morgan fingerprint density at radius 3 is 2.50 bits per heavy atom. The lowest BCUT2D eigenvalue weighted by Crippen LogP contribution is -2.28. The van der Waals surface area contributed by atoms with Crippen LogP contribution in [0.1, 0.15) is 41.7 Å². The van der Waals surface area contributed by atoms with E-state index >= 15 is 0 Å². The van der Waals surface area contributed by atoms with E-state index in [0.717, 1.165) is 42.6 Å². The molecule has 1 amide bonds. The van der Waals surface area contributed by atoms with Crippen LogP contribution in [0.3, 0.4) is 0 Å². The maximum Gasteiger partial charge on any atom is 0.253 e. The molecule has 0 radical (unpaired) electrons. The van der Waals surface area contributed by atoms with Crippen LogP contribution in [-0.4, -0.2) is 55.3 Å². The number of nitrogens with zero attached hydrogens (tertiary/aromatic N) is 3. The highest BCUT2D eigenvalue weighted by Crippen LogP contribution is 2.24. The summed E-state index contributed by atoms with van der Waals surface area (Å²) in [5.41, 5.74) is 3.86. The Morgan fingerprint density at radius 2 is 1.82 bits per heavy atom. The topological polar surface area (TPSA) is 86.4 Å². The number of hydrogen-bond donors (Lipinski definition) is 1. The number of rotatable bonds is 9. The SMILES string of the molecule is CN(CCCCCc1cc(-c2ccc(F)cc2)n[nH]1)C(=O)c1ccc(N2CCCS2(=O)=O)cc1. The molecule has 0 unspecified atom stereocenters. The van der Waals surface area contributed by atoms with Crippen molar-refractivity contribution in [2.45, 2.75) is 32.1 Å². The number of amides is 1. The molecule has 1 aliphatic rings. The minimum atomic E-state index is -3.22. The summed E-state index contributed by atoms with van der Waals surface area (Å²) in [5, 5.41) is 7.34. The van der Waals surface area contributed by atoms with Crippen molar-refractivity contribution in [3.05, 3.63) is 71.7 Å². The predicted octanol–water partition coefficient (Wildman–Crippen LogP) is 4.24. The third-order valence-electron chi connectivity index (χ3n) is 6.06. The van der Waals surface area contributed by atoms with Gasteiger partial charge < -0.3 is 4.90 Å². The lowest BCUT2D eigenvalue weighted by atomic mass is 10.1. The molecule has 180 valence electrons. The third-order valence-corrected chi connectivity index (χ3v) is 7.93. The number of carbonyl (C=O) groups excluding carboxylic acids is 1. The average molecular weight is 485 g/mol. The number of unbranched alkanes of at least 4 members (excludes halogenated alkanes) is 2. The van der Waals surface area contributed by atoms with Crippen molar-refractivity contribution in [2.75, 3.05) is 30.2 Å². The standard InChI is InChI=1S/C25H29FN4O3S/c1-29(25(31)20-9-13-23(14-10-20)30-16-5-17-34(30,32)33)15-4-2-3-6-22-18-24(28-27-22)19-7-11-21(26)12-8-19/h7-14,18H,2-6,15-17H2,1H3,(H,27,28). The normalized spacial score (nSPS) is 14.9. The van der Waals surface area contributed by atoms with Crippen molar-refractivity contribution in [2.24, 2.45) is 0 Å². The molecule has 2 heterocycles. The van der Waals surface area contributed by atoms with Crippen molar-refractivity contribution >= 4 is 21.6 Å². The summed E-state index contributed by atoms with van der Waals surface area (Å²) >= 11 is 0. The largest absolute Gasteiger partial charge is 0.342 e. The minimum absolute atomic E-state index is 0.0756. The molecule has 9 heteroatoms. The van der Waals surface area contributed by atoms with Crippen LogP contribution in [0.15, 0.2) is 54.6 Å². The van der Waals surface area contributed by atoms with Gasteiger partial charge in [0.1, 0.15) is 5.82 Å². The molecule has 0 aliphatic carbocycles. The zero-order valence-corrected chi connectivity index (χ0v) is 20.0. The molecular weight excluding hydrogens is 455 g/mol. The van der Waals surface area contributed by atoms with Gasteiger partial charge in [-0.2, -0.15) is 5.10 Å². The summed E-state index contributed by atoms with van der Waals surface area (Å²) in [4.78, 5) is 14.4. The summed E-state index contributed by atoms with van der Waals surface area (Å²) in [7, 11) is -1.44. The first-order valence-corrected chi connectivity index (χ1v) is 13.1. The van der Waals surface area contributed by atoms with Gasteiger partial charge in [-0.1, -0.05) is 6.42 Å². The number of aryl methyl sites for hydroxylation is 1. The molecule has 1 N–H and O–H groups in total. The molecule has 2 aromatic carbocycles. The van der Waals surface area contributed by atoms with Gasteiger partial charge in [0, 0.05) is 37.0 Å². The van der Waals surface area contributed by atoms with Gasteiger partial charge in [-0.25, -0.2) is 12.8 Å². The van der Waals surface area contributed by atoms with Gasteiger partial charge in [0.2, 0.25) is 10.0 Å². The number of H-pyrrole nitrogens is 1. The number of carbonyl (C=O) groups is 1. The van der Waals surface area contributed by atoms with Gasteiger partial charge in [0.15, 0.2) is 0 Å².